The number of aromatic nitrogens is 4. The molecule has 4 rings (SSSR count). The second-order valence-corrected chi connectivity index (χ2v) is 6.82. The summed E-state index contributed by atoms with van der Waals surface area (Å²) in [5, 5.41) is 11.0. The van der Waals surface area contributed by atoms with E-state index in [2.05, 4.69) is 50.6 Å². The van der Waals surface area contributed by atoms with Gasteiger partial charge in [-0.3, -0.25) is 15.6 Å². The summed E-state index contributed by atoms with van der Waals surface area (Å²) in [6.07, 6.45) is 3.65. The maximum Gasteiger partial charge on any atom is 0.244 e. The van der Waals surface area contributed by atoms with Gasteiger partial charge in [0.05, 0.1) is 0 Å². The fourth-order valence-corrected chi connectivity index (χ4v) is 4.01. The van der Waals surface area contributed by atoms with E-state index < -0.39 is 0 Å². The van der Waals surface area contributed by atoms with Gasteiger partial charge >= 0.3 is 0 Å². The summed E-state index contributed by atoms with van der Waals surface area (Å²) in [6, 6.07) is 11.0. The number of carbonyl (C=O) groups is 1. The Bertz CT molecular complexity index is 690. The van der Waals surface area contributed by atoms with Gasteiger partial charge < -0.3 is 4.90 Å². The molecule has 0 aliphatic carbocycles. The zero-order valence-electron chi connectivity index (χ0n) is 14.1. The van der Waals surface area contributed by atoms with E-state index in [1.54, 1.807) is 0 Å². The van der Waals surface area contributed by atoms with Gasteiger partial charge in [0, 0.05) is 31.6 Å². The molecule has 0 spiro atoms. The number of hydrazine groups is 1. The Balaban J connectivity index is 1.42. The third kappa shape index (κ3) is 3.54. The molecule has 2 N–H and O–H groups in total. The number of hydrogen-bond acceptors (Lipinski definition) is 6. The number of nitrogens with zero attached hydrogens (tertiary/aromatic N) is 5. The van der Waals surface area contributed by atoms with Crippen molar-refractivity contribution in [3.63, 3.8) is 0 Å². The van der Waals surface area contributed by atoms with E-state index in [9.17, 15) is 4.79 Å². The van der Waals surface area contributed by atoms with Crippen LogP contribution in [0.15, 0.2) is 36.7 Å². The number of likely N-dealkylation sites (tertiary alicyclic amines) is 1. The number of hydrogen-bond donors (Lipinski definition) is 2. The normalized spacial score (nSPS) is 26.7. The lowest BCUT2D eigenvalue weighted by molar-refractivity contribution is -0.134. The summed E-state index contributed by atoms with van der Waals surface area (Å²) >= 11 is 0. The van der Waals surface area contributed by atoms with E-state index in [4.69, 9.17) is 0 Å². The minimum absolute atomic E-state index is 0.0826. The van der Waals surface area contributed by atoms with Crippen molar-refractivity contribution in [1.82, 2.24) is 36.0 Å². The highest BCUT2D eigenvalue weighted by Crippen LogP contribution is 2.31. The van der Waals surface area contributed by atoms with Gasteiger partial charge in [-0.1, -0.05) is 30.3 Å². The SMILES string of the molecule is O=C(Cn1cnnn1)N1CCCC(C2NNCC2c2ccccc2)C1. The van der Waals surface area contributed by atoms with E-state index in [0.29, 0.717) is 17.9 Å². The lowest BCUT2D eigenvalue weighted by Crippen LogP contribution is -2.49. The van der Waals surface area contributed by atoms with Crippen molar-refractivity contribution in [2.24, 2.45) is 5.92 Å². The topological polar surface area (TPSA) is 88.0 Å². The average Bonchev–Trinajstić information content (AvgIpc) is 3.34. The molecular formula is C17H23N7O. The Morgan fingerprint density at radius 1 is 1.28 bits per heavy atom. The molecule has 8 heteroatoms. The molecule has 3 heterocycles. The number of carbonyl (C=O) groups excluding carboxylic acids is 1. The first kappa shape index (κ1) is 16.2. The van der Waals surface area contributed by atoms with Crippen LogP contribution in [0.2, 0.25) is 0 Å². The molecule has 3 unspecified atom stereocenters. The largest absolute Gasteiger partial charge is 0.341 e. The zero-order chi connectivity index (χ0) is 17.1. The molecule has 1 aromatic carbocycles. The van der Waals surface area contributed by atoms with Crippen LogP contribution in [0.3, 0.4) is 0 Å². The molecule has 1 aromatic heterocycles. The minimum Gasteiger partial charge on any atom is -0.341 e. The number of amides is 1. The molecule has 2 aromatic rings. The van der Waals surface area contributed by atoms with Gasteiger partial charge in [-0.05, 0) is 34.7 Å². The number of tetrazole rings is 1. The summed E-state index contributed by atoms with van der Waals surface area (Å²) in [5.41, 5.74) is 8.12. The number of rotatable bonds is 4. The molecule has 0 radical (unpaired) electrons. The van der Waals surface area contributed by atoms with Crippen LogP contribution in [0.25, 0.3) is 0 Å². The van der Waals surface area contributed by atoms with Crippen LogP contribution < -0.4 is 10.9 Å². The minimum atomic E-state index is 0.0826. The van der Waals surface area contributed by atoms with Gasteiger partial charge in [-0.25, -0.2) is 4.68 Å². The molecule has 25 heavy (non-hydrogen) atoms. The maximum atomic E-state index is 12.6. The molecular weight excluding hydrogens is 318 g/mol. The molecule has 8 nitrogen and oxygen atoms in total. The van der Waals surface area contributed by atoms with Gasteiger partial charge in [0.2, 0.25) is 5.91 Å². The van der Waals surface area contributed by atoms with Crippen molar-refractivity contribution in [2.45, 2.75) is 31.3 Å². The van der Waals surface area contributed by atoms with Gasteiger partial charge in [0.1, 0.15) is 12.9 Å². The first-order chi connectivity index (χ1) is 12.3. The smallest absolute Gasteiger partial charge is 0.244 e. The molecule has 3 atom stereocenters. The van der Waals surface area contributed by atoms with Crippen LogP contribution in [-0.2, 0) is 11.3 Å². The van der Waals surface area contributed by atoms with Crippen LogP contribution in [-0.4, -0.2) is 56.7 Å². The summed E-state index contributed by atoms with van der Waals surface area (Å²) in [6.45, 7) is 2.72. The highest BCUT2D eigenvalue weighted by molar-refractivity contribution is 5.76. The van der Waals surface area contributed by atoms with Gasteiger partial charge in [0.15, 0.2) is 0 Å². The first-order valence-electron chi connectivity index (χ1n) is 8.83. The molecule has 1 amide bonds. The van der Waals surface area contributed by atoms with Crippen LogP contribution in [0.5, 0.6) is 0 Å². The van der Waals surface area contributed by atoms with E-state index in [0.717, 1.165) is 32.5 Å². The highest BCUT2D eigenvalue weighted by atomic mass is 16.2. The maximum absolute atomic E-state index is 12.6. The Morgan fingerprint density at radius 2 is 2.16 bits per heavy atom. The molecule has 0 saturated carbocycles. The van der Waals surface area contributed by atoms with Crippen molar-refractivity contribution >= 4 is 5.91 Å². The summed E-state index contributed by atoms with van der Waals surface area (Å²) in [5.74, 6) is 0.951. The van der Waals surface area contributed by atoms with Crippen molar-refractivity contribution in [2.75, 3.05) is 19.6 Å². The zero-order valence-corrected chi connectivity index (χ0v) is 14.1. The van der Waals surface area contributed by atoms with Crippen LogP contribution >= 0.6 is 0 Å². The van der Waals surface area contributed by atoms with Gasteiger partial charge in [-0.2, -0.15) is 0 Å². The second-order valence-electron chi connectivity index (χ2n) is 6.82. The molecule has 0 bridgehead atoms. The second kappa shape index (κ2) is 7.28. The predicted octanol–water partition coefficient (Wildman–Crippen LogP) is 0.172. The van der Waals surface area contributed by atoms with Crippen molar-refractivity contribution in [3.8, 4) is 0 Å². The van der Waals surface area contributed by atoms with Crippen LogP contribution in [0.1, 0.15) is 24.3 Å². The fraction of sp³-hybridized carbons (Fsp3) is 0.529. The molecule has 2 aliphatic rings. The van der Waals surface area contributed by atoms with Crippen molar-refractivity contribution < 1.29 is 4.79 Å². The fourth-order valence-electron chi connectivity index (χ4n) is 4.01. The molecule has 2 saturated heterocycles. The van der Waals surface area contributed by atoms with E-state index in [1.807, 2.05) is 11.0 Å². The third-order valence-corrected chi connectivity index (χ3v) is 5.26. The Labute approximate surface area is 146 Å². The summed E-state index contributed by atoms with van der Waals surface area (Å²) in [7, 11) is 0. The summed E-state index contributed by atoms with van der Waals surface area (Å²) < 4.78 is 1.48. The molecule has 2 fully saturated rings. The number of benzene rings is 1. The quantitative estimate of drug-likeness (QED) is 0.824. The standard InChI is InChI=1S/C17H23N7O/c25-16(11-24-12-19-21-22-24)23-8-4-7-14(10-23)17-15(9-18-20-17)13-5-2-1-3-6-13/h1-3,5-6,12,14-15,17-18,20H,4,7-11H2. The highest BCUT2D eigenvalue weighted by Gasteiger charge is 2.37. The van der Waals surface area contributed by atoms with E-state index in [-0.39, 0.29) is 12.5 Å². The number of piperidine rings is 1. The third-order valence-electron chi connectivity index (χ3n) is 5.26. The number of nitrogens with one attached hydrogen (secondary N) is 2. The van der Waals surface area contributed by atoms with Crippen LogP contribution in [0.4, 0.5) is 0 Å². The molecule has 2 aliphatic heterocycles. The lowest BCUT2D eigenvalue weighted by Gasteiger charge is -2.37. The Morgan fingerprint density at radius 3 is 2.96 bits per heavy atom. The van der Waals surface area contributed by atoms with E-state index in [1.165, 1.54) is 16.6 Å². The predicted molar refractivity (Wildman–Crippen MR) is 91.2 cm³/mol. The Hall–Kier alpha value is -2.32. The summed E-state index contributed by atoms with van der Waals surface area (Å²) in [4.78, 5) is 14.5. The van der Waals surface area contributed by atoms with Crippen molar-refractivity contribution in [1.29, 1.82) is 0 Å². The van der Waals surface area contributed by atoms with E-state index >= 15 is 0 Å². The monoisotopic (exact) mass is 341 g/mol. The first-order valence-corrected chi connectivity index (χ1v) is 8.83. The molecule has 132 valence electrons. The van der Waals surface area contributed by atoms with Gasteiger partial charge in [-0.15, -0.1) is 5.10 Å². The van der Waals surface area contributed by atoms with Crippen LogP contribution in [0, 0.1) is 5.92 Å². The van der Waals surface area contributed by atoms with Gasteiger partial charge in [0.25, 0.3) is 0 Å². The van der Waals surface area contributed by atoms with Crippen molar-refractivity contribution in [3.05, 3.63) is 42.2 Å². The average molecular weight is 341 g/mol. The lowest BCUT2D eigenvalue weighted by atomic mass is 9.81. The Kier molecular flexibility index (Phi) is 4.71.